The van der Waals surface area contributed by atoms with Crippen LogP contribution < -0.4 is 5.73 Å². The van der Waals surface area contributed by atoms with Crippen molar-refractivity contribution in [1.29, 1.82) is 0 Å². The molecule has 0 aliphatic rings. The van der Waals surface area contributed by atoms with Gasteiger partial charge in [0, 0.05) is 5.56 Å². The highest BCUT2D eigenvalue weighted by Crippen LogP contribution is 2.32. The molecule has 0 spiro atoms. The number of nitrogens with zero attached hydrogens (tertiary/aromatic N) is 1. The lowest BCUT2D eigenvalue weighted by molar-refractivity contribution is -0.159. The summed E-state index contributed by atoms with van der Waals surface area (Å²) in [6, 6.07) is -0.0396. The maximum Gasteiger partial charge on any atom is 0.326 e. The van der Waals surface area contributed by atoms with Crippen LogP contribution in [0.5, 0.6) is 0 Å². The molecular formula is C12H15Cl3N2O3. The quantitative estimate of drug-likeness (QED) is 0.652. The van der Waals surface area contributed by atoms with Gasteiger partial charge in [-0.05, 0) is 26.8 Å². The Morgan fingerprint density at radius 2 is 1.95 bits per heavy atom. The van der Waals surface area contributed by atoms with Crippen molar-refractivity contribution in [3.05, 3.63) is 27.0 Å². The van der Waals surface area contributed by atoms with E-state index in [1.54, 1.807) is 20.8 Å². The molecule has 0 saturated carbocycles. The maximum absolute atomic E-state index is 11.8. The number of nitrogens with two attached hydrogens (primary N) is 1. The van der Waals surface area contributed by atoms with Gasteiger partial charge in [-0.15, -0.1) is 0 Å². The fourth-order valence-electron chi connectivity index (χ4n) is 1.41. The third-order valence-electron chi connectivity index (χ3n) is 2.25. The maximum atomic E-state index is 11.8. The van der Waals surface area contributed by atoms with Gasteiger partial charge in [-0.25, -0.2) is 4.98 Å². The van der Waals surface area contributed by atoms with Crippen LogP contribution in [0.25, 0.3) is 0 Å². The normalized spacial score (nSPS) is 14.8. The van der Waals surface area contributed by atoms with Crippen LogP contribution in [0.15, 0.2) is 6.07 Å². The number of ether oxygens (including phenoxy) is 1. The number of aliphatic hydroxyl groups is 1. The lowest BCUT2D eigenvalue weighted by Gasteiger charge is -2.25. The van der Waals surface area contributed by atoms with E-state index in [0.717, 1.165) is 0 Å². The van der Waals surface area contributed by atoms with Crippen LogP contribution in [0.3, 0.4) is 0 Å². The highest BCUT2D eigenvalue weighted by molar-refractivity contribution is 6.37. The molecule has 3 N–H and O–H groups in total. The zero-order valence-electron chi connectivity index (χ0n) is 11.2. The molecule has 5 nitrogen and oxygen atoms in total. The Morgan fingerprint density at radius 3 is 2.40 bits per heavy atom. The molecule has 20 heavy (non-hydrogen) atoms. The number of halogens is 3. The Hall–Kier alpha value is -0.590. The zero-order chi connectivity index (χ0) is 15.7. The van der Waals surface area contributed by atoms with Gasteiger partial charge in [0.15, 0.2) is 0 Å². The first-order valence-electron chi connectivity index (χ1n) is 5.71. The van der Waals surface area contributed by atoms with Gasteiger partial charge < -0.3 is 15.6 Å². The molecule has 1 rings (SSSR count). The number of rotatable bonds is 3. The molecule has 0 unspecified atom stereocenters. The van der Waals surface area contributed by atoms with Crippen LogP contribution in [-0.2, 0) is 9.53 Å². The second-order valence-electron chi connectivity index (χ2n) is 5.14. The minimum absolute atomic E-state index is 0.0380. The van der Waals surface area contributed by atoms with Crippen LogP contribution >= 0.6 is 34.8 Å². The number of carbonyl (C=O) groups excluding carboxylic acids is 1. The summed E-state index contributed by atoms with van der Waals surface area (Å²) in [4.78, 5) is 15.6. The van der Waals surface area contributed by atoms with Gasteiger partial charge in [0.1, 0.15) is 28.1 Å². The predicted octanol–water partition coefficient (Wildman–Crippen LogP) is 2.74. The monoisotopic (exact) mass is 340 g/mol. The van der Waals surface area contributed by atoms with Crippen molar-refractivity contribution in [2.24, 2.45) is 5.73 Å². The van der Waals surface area contributed by atoms with E-state index in [-0.39, 0.29) is 20.9 Å². The van der Waals surface area contributed by atoms with Crippen molar-refractivity contribution in [2.75, 3.05) is 0 Å². The minimum atomic E-state index is -1.45. The van der Waals surface area contributed by atoms with Gasteiger partial charge in [0.2, 0.25) is 0 Å². The number of hydrogen-bond acceptors (Lipinski definition) is 5. The lowest BCUT2D eigenvalue weighted by Crippen LogP contribution is -2.41. The number of pyridine rings is 1. The number of hydrogen-bond donors (Lipinski definition) is 2. The molecule has 2 atom stereocenters. The third kappa shape index (κ3) is 4.46. The minimum Gasteiger partial charge on any atom is -0.459 e. The van der Waals surface area contributed by atoms with Gasteiger partial charge in [-0.2, -0.15) is 0 Å². The fourth-order valence-corrected chi connectivity index (χ4v) is 2.36. The van der Waals surface area contributed by atoms with Crippen LogP contribution in [0.4, 0.5) is 0 Å². The molecule has 1 aromatic heterocycles. The van der Waals surface area contributed by atoms with Crippen LogP contribution in [0.2, 0.25) is 15.3 Å². The molecule has 8 heteroatoms. The van der Waals surface area contributed by atoms with Crippen molar-refractivity contribution in [1.82, 2.24) is 4.98 Å². The Balaban J connectivity index is 3.01. The second-order valence-corrected chi connectivity index (χ2v) is 6.29. The summed E-state index contributed by atoms with van der Waals surface area (Å²) in [7, 11) is 0. The fraction of sp³-hybridized carbons (Fsp3) is 0.500. The second kappa shape index (κ2) is 6.45. The van der Waals surface area contributed by atoms with E-state index in [2.05, 4.69) is 4.98 Å². The third-order valence-corrected chi connectivity index (χ3v) is 3.04. The van der Waals surface area contributed by atoms with Crippen LogP contribution in [0, 0.1) is 0 Å². The molecule has 0 fully saturated rings. The molecule has 0 aliphatic heterocycles. The van der Waals surface area contributed by atoms with Crippen LogP contribution in [-0.4, -0.2) is 27.7 Å². The number of aromatic nitrogens is 1. The molecule has 0 bridgehead atoms. The van der Waals surface area contributed by atoms with E-state index in [9.17, 15) is 9.90 Å². The standard InChI is InChI=1S/C12H15Cl3N2O3/c1-12(2,3)20-11(19)8(16)9(18)7-5(13)4-6(14)17-10(7)15/h4,8-9,18H,16H2,1-3H3/t8-,9-/m1/s1. The highest BCUT2D eigenvalue weighted by atomic mass is 35.5. The summed E-state index contributed by atoms with van der Waals surface area (Å²) >= 11 is 17.5. The Kier molecular flexibility index (Phi) is 5.63. The van der Waals surface area contributed by atoms with Gasteiger partial charge >= 0.3 is 5.97 Å². The van der Waals surface area contributed by atoms with E-state index < -0.39 is 23.7 Å². The Labute approximate surface area is 132 Å². The van der Waals surface area contributed by atoms with Crippen LogP contribution in [0.1, 0.15) is 32.4 Å². The molecular weight excluding hydrogens is 327 g/mol. The first-order valence-corrected chi connectivity index (χ1v) is 6.84. The average Bonchev–Trinajstić information content (AvgIpc) is 2.23. The molecule has 0 aromatic carbocycles. The number of carbonyl (C=O) groups is 1. The van der Waals surface area contributed by atoms with E-state index in [4.69, 9.17) is 45.3 Å². The van der Waals surface area contributed by atoms with Crippen molar-refractivity contribution >= 4 is 40.8 Å². The van der Waals surface area contributed by atoms with Gasteiger partial charge in [-0.1, -0.05) is 34.8 Å². The van der Waals surface area contributed by atoms with Crippen molar-refractivity contribution in [3.8, 4) is 0 Å². The zero-order valence-corrected chi connectivity index (χ0v) is 13.4. The molecule has 0 amide bonds. The van der Waals surface area contributed by atoms with E-state index in [1.165, 1.54) is 6.07 Å². The van der Waals surface area contributed by atoms with Crippen molar-refractivity contribution in [3.63, 3.8) is 0 Å². The number of aliphatic hydroxyl groups excluding tert-OH is 1. The highest BCUT2D eigenvalue weighted by Gasteiger charge is 2.32. The Bertz CT molecular complexity index is 494. The smallest absolute Gasteiger partial charge is 0.326 e. The number of esters is 1. The lowest BCUT2D eigenvalue weighted by atomic mass is 10.0. The topological polar surface area (TPSA) is 85.4 Å². The van der Waals surface area contributed by atoms with Gasteiger partial charge in [-0.3, -0.25) is 4.79 Å². The Morgan fingerprint density at radius 1 is 1.40 bits per heavy atom. The van der Waals surface area contributed by atoms with E-state index in [1.807, 2.05) is 0 Å². The summed E-state index contributed by atoms with van der Waals surface area (Å²) in [5.74, 6) is -0.771. The molecule has 0 aliphatic carbocycles. The summed E-state index contributed by atoms with van der Waals surface area (Å²) in [5.41, 5.74) is 4.99. The molecule has 1 heterocycles. The van der Waals surface area contributed by atoms with E-state index >= 15 is 0 Å². The summed E-state index contributed by atoms with van der Waals surface area (Å²) in [5, 5.41) is 10.2. The molecule has 112 valence electrons. The average molecular weight is 342 g/mol. The first-order chi connectivity index (χ1) is 9.03. The first kappa shape index (κ1) is 17.5. The van der Waals surface area contributed by atoms with Crippen molar-refractivity contribution in [2.45, 2.75) is 38.5 Å². The predicted molar refractivity (Wildman–Crippen MR) is 78.0 cm³/mol. The van der Waals surface area contributed by atoms with E-state index in [0.29, 0.717) is 0 Å². The molecule has 1 aromatic rings. The SMILES string of the molecule is CC(C)(C)OC(=O)[C@H](N)[C@H](O)c1c(Cl)cc(Cl)nc1Cl. The van der Waals surface area contributed by atoms with Gasteiger partial charge in [0.25, 0.3) is 0 Å². The molecule has 0 saturated heterocycles. The summed E-state index contributed by atoms with van der Waals surface area (Å²) in [6.45, 7) is 5.06. The largest absolute Gasteiger partial charge is 0.459 e. The summed E-state index contributed by atoms with van der Waals surface area (Å²) in [6.07, 6.45) is -1.45. The molecule has 0 radical (unpaired) electrons. The van der Waals surface area contributed by atoms with Gasteiger partial charge in [0.05, 0.1) is 5.02 Å². The van der Waals surface area contributed by atoms with Crippen molar-refractivity contribution < 1.29 is 14.6 Å². The summed E-state index contributed by atoms with van der Waals surface area (Å²) < 4.78 is 5.09.